The van der Waals surface area contributed by atoms with Gasteiger partial charge in [-0.05, 0) is 11.6 Å². The van der Waals surface area contributed by atoms with Gasteiger partial charge in [-0.3, -0.25) is 4.79 Å². The molecule has 1 aliphatic carbocycles. The van der Waals surface area contributed by atoms with Crippen LogP contribution in [0, 0.1) is 11.8 Å². The minimum atomic E-state index is -1.53. The van der Waals surface area contributed by atoms with Crippen molar-refractivity contribution in [3.63, 3.8) is 0 Å². The first-order valence-electron chi connectivity index (χ1n) is 8.84. The number of nitrogens with two attached hydrogens (primary N) is 1. The summed E-state index contributed by atoms with van der Waals surface area (Å²) in [6.45, 7) is 1.45. The fourth-order valence-corrected chi connectivity index (χ4v) is 3.68. The zero-order valence-electron chi connectivity index (χ0n) is 14.8. The van der Waals surface area contributed by atoms with E-state index in [1.165, 1.54) is 13.2 Å². The van der Waals surface area contributed by atoms with Gasteiger partial charge < -0.3 is 45.7 Å². The van der Waals surface area contributed by atoms with Crippen LogP contribution in [0.4, 0.5) is 0 Å². The third-order valence-electron chi connectivity index (χ3n) is 5.15. The fourth-order valence-electron chi connectivity index (χ4n) is 3.68. The summed E-state index contributed by atoms with van der Waals surface area (Å²) in [4.78, 5) is 11.1. The number of ether oxygens (including phenoxy) is 3. The Balaban J connectivity index is 1.72. The van der Waals surface area contributed by atoms with E-state index in [0.29, 0.717) is 0 Å². The molecule has 0 bridgehead atoms. The van der Waals surface area contributed by atoms with Crippen molar-refractivity contribution < 1.29 is 39.4 Å². The molecule has 1 saturated heterocycles. The van der Waals surface area contributed by atoms with E-state index in [1.54, 1.807) is 12.2 Å². The van der Waals surface area contributed by atoms with Crippen molar-refractivity contribution in [3.05, 3.63) is 24.0 Å². The summed E-state index contributed by atoms with van der Waals surface area (Å²) in [5, 5.41) is 43.1. The predicted octanol–water partition coefficient (Wildman–Crippen LogP) is -2.69. The second kappa shape index (κ2) is 8.23. The lowest BCUT2D eigenvalue weighted by Gasteiger charge is -2.43. The van der Waals surface area contributed by atoms with Crippen LogP contribution in [0.2, 0.25) is 0 Å². The number of fused-ring (bicyclic) bond motifs is 1. The number of hydrogen-bond acceptors (Lipinski definition) is 9. The van der Waals surface area contributed by atoms with Crippen molar-refractivity contribution in [2.24, 2.45) is 17.6 Å². The summed E-state index contributed by atoms with van der Waals surface area (Å²) in [5.74, 6) is -0.984. The van der Waals surface area contributed by atoms with Crippen LogP contribution < -0.4 is 11.1 Å². The van der Waals surface area contributed by atoms with E-state index in [9.17, 15) is 25.2 Å². The standard InChI is InChI=1S/C17H26N2O8/c1-7(20)19-6-11-13(22)14(23)15(24)17(26-11)27-16-12-8(5-18)4-10(21)9(12)2-3-25-16/h2-4,9-17,21-24H,5-6,18H2,1H3,(H,19,20)/t9-,10+,11+,12+,13+,14-,15+,16-,17-/m0/s1. The van der Waals surface area contributed by atoms with Crippen LogP contribution in [-0.2, 0) is 19.0 Å². The number of aliphatic hydroxyl groups excluding tert-OH is 4. The van der Waals surface area contributed by atoms with Crippen molar-refractivity contribution >= 4 is 5.91 Å². The van der Waals surface area contributed by atoms with Crippen molar-refractivity contribution in [2.75, 3.05) is 13.1 Å². The van der Waals surface area contributed by atoms with Crippen LogP contribution >= 0.6 is 0 Å². The molecule has 2 heterocycles. The second-order valence-corrected chi connectivity index (χ2v) is 6.96. The van der Waals surface area contributed by atoms with Crippen LogP contribution in [0.5, 0.6) is 0 Å². The summed E-state index contributed by atoms with van der Waals surface area (Å²) >= 11 is 0. The predicted molar refractivity (Wildman–Crippen MR) is 90.6 cm³/mol. The van der Waals surface area contributed by atoms with Crippen molar-refractivity contribution in [2.45, 2.75) is 50.0 Å². The molecule has 0 unspecified atom stereocenters. The number of rotatable bonds is 5. The van der Waals surface area contributed by atoms with Gasteiger partial charge in [0, 0.05) is 25.9 Å². The average Bonchev–Trinajstić information content (AvgIpc) is 2.98. The molecular weight excluding hydrogens is 360 g/mol. The molecule has 3 aliphatic rings. The zero-order chi connectivity index (χ0) is 19.7. The van der Waals surface area contributed by atoms with E-state index >= 15 is 0 Å². The highest BCUT2D eigenvalue weighted by molar-refractivity contribution is 5.72. The Morgan fingerprint density at radius 2 is 1.96 bits per heavy atom. The van der Waals surface area contributed by atoms with Crippen LogP contribution in [0.15, 0.2) is 24.0 Å². The third-order valence-corrected chi connectivity index (χ3v) is 5.15. The topological polar surface area (TPSA) is 164 Å². The van der Waals surface area contributed by atoms with E-state index in [4.69, 9.17) is 19.9 Å². The minimum Gasteiger partial charge on any atom is -0.472 e. The number of aliphatic hydroxyl groups is 4. The van der Waals surface area contributed by atoms with Gasteiger partial charge in [-0.1, -0.05) is 6.08 Å². The lowest BCUT2D eigenvalue weighted by molar-refractivity contribution is -0.335. The monoisotopic (exact) mass is 386 g/mol. The minimum absolute atomic E-state index is 0.0652. The Morgan fingerprint density at radius 1 is 1.22 bits per heavy atom. The second-order valence-electron chi connectivity index (χ2n) is 6.96. The highest BCUT2D eigenvalue weighted by atomic mass is 16.8. The SMILES string of the molecule is CC(=O)NC[C@H]1O[C@@H](O[C@@H]2OC=C[C@@H]3[C@H]2C(CN)=C[C@H]3O)[C@H](O)[C@@H](O)[C@@H]1O. The lowest BCUT2D eigenvalue weighted by Crippen LogP contribution is -2.61. The van der Waals surface area contributed by atoms with Gasteiger partial charge in [0.15, 0.2) is 6.29 Å². The number of carbonyl (C=O) groups excluding carboxylic acids is 1. The molecule has 0 aromatic heterocycles. The highest BCUT2D eigenvalue weighted by Gasteiger charge is 2.49. The average molecular weight is 386 g/mol. The molecule has 1 fully saturated rings. The summed E-state index contributed by atoms with van der Waals surface area (Å²) in [6.07, 6.45) is -3.62. The molecule has 2 aliphatic heterocycles. The molecule has 1 amide bonds. The van der Waals surface area contributed by atoms with E-state index in [-0.39, 0.29) is 30.8 Å². The molecule has 152 valence electrons. The number of amides is 1. The summed E-state index contributed by atoms with van der Waals surface area (Å²) in [6, 6.07) is 0. The zero-order valence-corrected chi connectivity index (χ0v) is 14.8. The van der Waals surface area contributed by atoms with Crippen LogP contribution in [0.1, 0.15) is 6.92 Å². The maximum absolute atomic E-state index is 11.1. The molecule has 3 rings (SSSR count). The van der Waals surface area contributed by atoms with Crippen LogP contribution in [-0.4, -0.2) is 82.5 Å². The van der Waals surface area contributed by atoms with Gasteiger partial charge in [0.25, 0.3) is 0 Å². The summed E-state index contributed by atoms with van der Waals surface area (Å²) < 4.78 is 16.8. The number of nitrogens with one attached hydrogen (secondary N) is 1. The van der Waals surface area contributed by atoms with Gasteiger partial charge in [0.05, 0.1) is 18.3 Å². The van der Waals surface area contributed by atoms with Crippen molar-refractivity contribution in [3.8, 4) is 0 Å². The van der Waals surface area contributed by atoms with E-state index in [2.05, 4.69) is 5.32 Å². The highest BCUT2D eigenvalue weighted by Crippen LogP contribution is 2.40. The maximum Gasteiger partial charge on any atom is 0.216 e. The Bertz CT molecular complexity index is 612. The lowest BCUT2D eigenvalue weighted by atomic mass is 9.88. The molecule has 0 radical (unpaired) electrons. The van der Waals surface area contributed by atoms with Gasteiger partial charge in [0.2, 0.25) is 12.2 Å². The number of hydrogen-bond donors (Lipinski definition) is 6. The summed E-state index contributed by atoms with van der Waals surface area (Å²) in [5.41, 5.74) is 6.50. The van der Waals surface area contributed by atoms with E-state index in [1.807, 2.05) is 0 Å². The molecule has 0 saturated carbocycles. The third kappa shape index (κ3) is 4.02. The molecule has 10 nitrogen and oxygen atoms in total. The smallest absolute Gasteiger partial charge is 0.216 e. The molecule has 7 N–H and O–H groups in total. The first-order valence-corrected chi connectivity index (χ1v) is 8.84. The van der Waals surface area contributed by atoms with Gasteiger partial charge in [-0.15, -0.1) is 0 Å². The Labute approximate surface area is 156 Å². The molecule has 0 aromatic carbocycles. The maximum atomic E-state index is 11.1. The van der Waals surface area contributed by atoms with Gasteiger partial charge in [-0.2, -0.15) is 0 Å². The first-order chi connectivity index (χ1) is 12.8. The Kier molecular flexibility index (Phi) is 6.16. The molecule has 0 aromatic rings. The van der Waals surface area contributed by atoms with Crippen LogP contribution in [0.3, 0.4) is 0 Å². The summed E-state index contributed by atoms with van der Waals surface area (Å²) in [7, 11) is 0. The molecular formula is C17H26N2O8. The molecule has 10 heteroatoms. The molecule has 27 heavy (non-hydrogen) atoms. The Morgan fingerprint density at radius 3 is 2.63 bits per heavy atom. The van der Waals surface area contributed by atoms with Crippen molar-refractivity contribution in [1.82, 2.24) is 5.32 Å². The van der Waals surface area contributed by atoms with Crippen molar-refractivity contribution in [1.29, 1.82) is 0 Å². The van der Waals surface area contributed by atoms with Gasteiger partial charge >= 0.3 is 0 Å². The van der Waals surface area contributed by atoms with E-state index in [0.717, 1.165) is 5.57 Å². The molecule has 9 atom stereocenters. The quantitative estimate of drug-likeness (QED) is 0.276. The number of carbonyl (C=O) groups is 1. The largest absolute Gasteiger partial charge is 0.472 e. The Hall–Kier alpha value is -1.53. The first kappa shape index (κ1) is 20.2. The van der Waals surface area contributed by atoms with Gasteiger partial charge in [-0.25, -0.2) is 0 Å². The van der Waals surface area contributed by atoms with E-state index < -0.39 is 43.1 Å². The fraction of sp³-hybridized carbons (Fsp3) is 0.706. The molecule has 0 spiro atoms. The van der Waals surface area contributed by atoms with Crippen LogP contribution in [0.25, 0.3) is 0 Å². The van der Waals surface area contributed by atoms with Gasteiger partial charge in [0.1, 0.15) is 24.4 Å². The normalized spacial score (nSPS) is 43.6.